The molecule has 1 amide bonds. The largest absolute Gasteiger partial charge is 0.469 e. The predicted octanol–water partition coefficient (Wildman–Crippen LogP) is 1.85. The maximum absolute atomic E-state index is 12.9. The Morgan fingerprint density at radius 2 is 1.87 bits per heavy atom. The lowest BCUT2D eigenvalue weighted by molar-refractivity contribution is -0.147. The van der Waals surface area contributed by atoms with E-state index in [-0.39, 0.29) is 23.8 Å². The Morgan fingerprint density at radius 1 is 1.17 bits per heavy atom. The molecule has 0 bridgehead atoms. The Labute approximate surface area is 137 Å². The molecule has 1 aromatic rings. The molecule has 1 fully saturated rings. The Kier molecular flexibility index (Phi) is 4.66. The number of methoxy groups -OCH3 is 1. The number of likely N-dealkylation sites (tertiary alicyclic amines) is 1. The van der Waals surface area contributed by atoms with Gasteiger partial charge < -0.3 is 9.64 Å². The number of nitrogens with zero attached hydrogens (tertiary/aromatic N) is 2. The number of hydrogen-bond donors (Lipinski definition) is 0. The molecule has 0 N–H and O–H groups in total. The first-order valence-corrected chi connectivity index (χ1v) is 8.33. The van der Waals surface area contributed by atoms with Crippen LogP contribution in [-0.4, -0.2) is 49.6 Å². The van der Waals surface area contributed by atoms with Gasteiger partial charge in [0.2, 0.25) is 5.91 Å². The summed E-state index contributed by atoms with van der Waals surface area (Å²) < 4.78 is 4.82. The van der Waals surface area contributed by atoms with Gasteiger partial charge in [-0.25, -0.2) is 0 Å². The number of carbonyl (C=O) groups excluding carboxylic acids is 2. The highest BCUT2D eigenvalue weighted by Crippen LogP contribution is 2.29. The minimum atomic E-state index is -0.153. The van der Waals surface area contributed by atoms with Gasteiger partial charge in [-0.05, 0) is 50.9 Å². The predicted molar refractivity (Wildman–Crippen MR) is 88.3 cm³/mol. The molecule has 0 aliphatic carbocycles. The fraction of sp³-hybridized carbons (Fsp3) is 0.556. The first-order chi connectivity index (χ1) is 11.1. The average molecular weight is 316 g/mol. The fourth-order valence-electron chi connectivity index (χ4n) is 3.64. The van der Waals surface area contributed by atoms with Crippen molar-refractivity contribution in [1.29, 1.82) is 0 Å². The van der Waals surface area contributed by atoms with Crippen LogP contribution in [0.25, 0.3) is 0 Å². The van der Waals surface area contributed by atoms with E-state index < -0.39 is 0 Å². The molecule has 0 aromatic heterocycles. The highest BCUT2D eigenvalue weighted by Gasteiger charge is 2.34. The molecule has 5 nitrogen and oxygen atoms in total. The molecule has 5 heteroatoms. The lowest BCUT2D eigenvalue weighted by Gasteiger charge is -2.36. The third-order valence-corrected chi connectivity index (χ3v) is 5.12. The number of ether oxygens (including phenoxy) is 1. The summed E-state index contributed by atoms with van der Waals surface area (Å²) in [6.07, 6.45) is 2.46. The van der Waals surface area contributed by atoms with E-state index in [1.807, 2.05) is 30.0 Å². The zero-order valence-electron chi connectivity index (χ0n) is 13.8. The molecular formula is C18H24N2O3. The summed E-state index contributed by atoms with van der Waals surface area (Å²) in [5, 5.41) is 0. The normalized spacial score (nSPS) is 20.2. The van der Waals surface area contributed by atoms with Crippen molar-refractivity contribution in [1.82, 2.24) is 4.90 Å². The van der Waals surface area contributed by atoms with Crippen LogP contribution >= 0.6 is 0 Å². The average Bonchev–Trinajstić information content (AvgIpc) is 3.04. The molecule has 0 unspecified atom stereocenters. The number of piperidine rings is 1. The highest BCUT2D eigenvalue weighted by atomic mass is 16.5. The van der Waals surface area contributed by atoms with E-state index in [0.717, 1.165) is 44.6 Å². The summed E-state index contributed by atoms with van der Waals surface area (Å²) in [5.74, 6) is 0.00892. The van der Waals surface area contributed by atoms with Crippen LogP contribution in [0.3, 0.4) is 0 Å². The molecule has 1 aromatic carbocycles. The van der Waals surface area contributed by atoms with Gasteiger partial charge in [-0.3, -0.25) is 14.5 Å². The van der Waals surface area contributed by atoms with E-state index >= 15 is 0 Å². The number of amides is 1. The molecule has 2 aliphatic rings. The van der Waals surface area contributed by atoms with Gasteiger partial charge in [0.05, 0.1) is 19.1 Å². The summed E-state index contributed by atoms with van der Waals surface area (Å²) in [5.41, 5.74) is 2.30. The second-order valence-electron chi connectivity index (χ2n) is 6.38. The van der Waals surface area contributed by atoms with Crippen LogP contribution in [0.5, 0.6) is 0 Å². The second-order valence-corrected chi connectivity index (χ2v) is 6.38. The first kappa shape index (κ1) is 16.0. The molecule has 0 spiro atoms. The highest BCUT2D eigenvalue weighted by molar-refractivity contribution is 5.98. The van der Waals surface area contributed by atoms with Crippen molar-refractivity contribution in [3.05, 3.63) is 29.8 Å². The van der Waals surface area contributed by atoms with Gasteiger partial charge in [0.1, 0.15) is 0 Å². The van der Waals surface area contributed by atoms with E-state index in [1.54, 1.807) is 0 Å². The van der Waals surface area contributed by atoms with Crippen LogP contribution in [0.1, 0.15) is 25.3 Å². The molecule has 124 valence electrons. The minimum absolute atomic E-state index is 0.0222. The van der Waals surface area contributed by atoms with Crippen molar-refractivity contribution in [2.75, 3.05) is 31.6 Å². The number of benzene rings is 1. The van der Waals surface area contributed by atoms with Crippen LogP contribution < -0.4 is 4.90 Å². The molecule has 23 heavy (non-hydrogen) atoms. The van der Waals surface area contributed by atoms with Crippen molar-refractivity contribution in [3.63, 3.8) is 0 Å². The van der Waals surface area contributed by atoms with Crippen molar-refractivity contribution in [3.8, 4) is 0 Å². The molecule has 2 aliphatic heterocycles. The van der Waals surface area contributed by atoms with E-state index in [2.05, 4.69) is 11.0 Å². The smallest absolute Gasteiger partial charge is 0.308 e. The second kappa shape index (κ2) is 6.71. The number of esters is 1. The third-order valence-electron chi connectivity index (χ3n) is 5.12. The molecule has 1 saturated heterocycles. The van der Waals surface area contributed by atoms with Crippen molar-refractivity contribution in [2.45, 2.75) is 32.2 Å². The number of fused-ring (bicyclic) bond motifs is 1. The standard InChI is InChI=1S/C18H24N2O3/c1-13(19-10-7-15(8-11-19)18(22)23-2)17(21)20-12-9-14-5-3-4-6-16(14)20/h3-6,13,15H,7-12H2,1-2H3/t13-/m1/s1. The Balaban J connectivity index is 1.62. The van der Waals surface area contributed by atoms with Gasteiger partial charge in [0.25, 0.3) is 0 Å². The van der Waals surface area contributed by atoms with E-state index in [1.165, 1.54) is 12.7 Å². The zero-order valence-corrected chi connectivity index (χ0v) is 13.8. The molecule has 0 saturated carbocycles. The van der Waals surface area contributed by atoms with Gasteiger partial charge in [0.15, 0.2) is 0 Å². The molecule has 0 radical (unpaired) electrons. The fourth-order valence-corrected chi connectivity index (χ4v) is 3.64. The van der Waals surface area contributed by atoms with Crippen molar-refractivity contribution >= 4 is 17.6 Å². The Bertz CT molecular complexity index is 594. The van der Waals surface area contributed by atoms with Gasteiger partial charge >= 0.3 is 5.97 Å². The topological polar surface area (TPSA) is 49.9 Å². The van der Waals surface area contributed by atoms with Crippen LogP contribution in [0, 0.1) is 5.92 Å². The minimum Gasteiger partial charge on any atom is -0.469 e. The molecule has 2 heterocycles. The van der Waals surface area contributed by atoms with Crippen LogP contribution in [0.2, 0.25) is 0 Å². The van der Waals surface area contributed by atoms with Crippen LogP contribution in [0.15, 0.2) is 24.3 Å². The quantitative estimate of drug-likeness (QED) is 0.799. The molecular weight excluding hydrogens is 292 g/mol. The number of anilines is 1. The van der Waals surface area contributed by atoms with Crippen molar-refractivity contribution in [2.24, 2.45) is 5.92 Å². The Morgan fingerprint density at radius 3 is 2.57 bits per heavy atom. The third kappa shape index (κ3) is 3.11. The summed E-state index contributed by atoms with van der Waals surface area (Å²) in [4.78, 5) is 28.6. The van der Waals surface area contributed by atoms with Crippen molar-refractivity contribution < 1.29 is 14.3 Å². The first-order valence-electron chi connectivity index (χ1n) is 8.33. The van der Waals surface area contributed by atoms with Crippen LogP contribution in [-0.2, 0) is 20.7 Å². The van der Waals surface area contributed by atoms with E-state index in [9.17, 15) is 9.59 Å². The summed E-state index contributed by atoms with van der Waals surface area (Å²) in [6, 6.07) is 7.97. The number of rotatable bonds is 3. The summed E-state index contributed by atoms with van der Waals surface area (Å²) >= 11 is 0. The lowest BCUT2D eigenvalue weighted by atomic mass is 9.96. The van der Waals surface area contributed by atoms with Gasteiger partial charge in [-0.2, -0.15) is 0 Å². The van der Waals surface area contributed by atoms with Crippen LogP contribution in [0.4, 0.5) is 5.69 Å². The zero-order chi connectivity index (χ0) is 16.4. The SMILES string of the molecule is COC(=O)C1CCN([C@H](C)C(=O)N2CCc3ccccc32)CC1. The summed E-state index contributed by atoms with van der Waals surface area (Å²) in [6.45, 7) is 4.27. The summed E-state index contributed by atoms with van der Waals surface area (Å²) in [7, 11) is 1.44. The van der Waals surface area contributed by atoms with Gasteiger partial charge in [-0.15, -0.1) is 0 Å². The number of para-hydroxylation sites is 1. The van der Waals surface area contributed by atoms with E-state index in [0.29, 0.717) is 0 Å². The molecule has 1 atom stereocenters. The Hall–Kier alpha value is -1.88. The monoisotopic (exact) mass is 316 g/mol. The number of hydrogen-bond acceptors (Lipinski definition) is 4. The molecule has 3 rings (SSSR count). The van der Waals surface area contributed by atoms with Gasteiger partial charge in [-0.1, -0.05) is 18.2 Å². The van der Waals surface area contributed by atoms with Gasteiger partial charge in [0, 0.05) is 12.2 Å². The maximum atomic E-state index is 12.9. The lowest BCUT2D eigenvalue weighted by Crippen LogP contribution is -2.50. The number of carbonyl (C=O) groups is 2. The van der Waals surface area contributed by atoms with E-state index in [4.69, 9.17) is 4.74 Å². The maximum Gasteiger partial charge on any atom is 0.308 e.